The predicted molar refractivity (Wildman–Crippen MR) is 215 cm³/mol. The molecule has 0 radical (unpaired) electrons. The minimum absolute atomic E-state index is 0.0273. The SMILES string of the molecule is C[C@H](O)[C@@H](NC(=O)[C@@]12C[C@H]3OC(=O)[C@@H]1N(Cc1ccccc1C=C1CCC4O[C@]4(C)CC[C@@H]4[C@@H]1CC4(C)C)O[C@@H]2[C@H]1OCO[C@H]13)C(=O)N[C@H](CO)CCC(=O)OC(C)(C)C. The van der Waals surface area contributed by atoms with Gasteiger partial charge in [-0.1, -0.05) is 49.8 Å². The lowest BCUT2D eigenvalue weighted by Crippen LogP contribution is -2.71. The van der Waals surface area contributed by atoms with Gasteiger partial charge in [-0.05, 0) is 102 Å². The number of benzene rings is 1. The summed E-state index contributed by atoms with van der Waals surface area (Å²) in [5, 5.41) is 27.9. The fourth-order valence-corrected chi connectivity index (χ4v) is 11.1. The predicted octanol–water partition coefficient (Wildman–Crippen LogP) is 3.47. The summed E-state index contributed by atoms with van der Waals surface area (Å²) in [5.74, 6) is -1.56. The highest BCUT2D eigenvalue weighted by atomic mass is 16.8. The van der Waals surface area contributed by atoms with E-state index in [-0.39, 0.29) is 49.7 Å². The van der Waals surface area contributed by atoms with Crippen LogP contribution in [0.2, 0.25) is 0 Å². The molecule has 4 heterocycles. The Kier molecular flexibility index (Phi) is 11.5. The van der Waals surface area contributed by atoms with Crippen LogP contribution in [-0.2, 0) is 54.2 Å². The van der Waals surface area contributed by atoms with Gasteiger partial charge in [-0.2, -0.15) is 5.06 Å². The van der Waals surface area contributed by atoms with Crippen LogP contribution in [0.5, 0.6) is 0 Å². The number of esters is 2. The van der Waals surface area contributed by atoms with E-state index in [1.165, 1.54) is 17.6 Å². The maximum Gasteiger partial charge on any atom is 0.327 e. The summed E-state index contributed by atoms with van der Waals surface area (Å²) < 4.78 is 29.5. The third kappa shape index (κ3) is 8.04. The molecule has 3 aliphatic carbocycles. The van der Waals surface area contributed by atoms with Gasteiger partial charge in [-0.25, -0.2) is 0 Å². The molecule has 4 saturated heterocycles. The number of nitrogens with zero attached hydrogens (tertiary/aromatic N) is 1. The van der Waals surface area contributed by atoms with E-state index in [1.54, 1.807) is 20.8 Å². The lowest BCUT2D eigenvalue weighted by Gasteiger charge is -2.53. The number of aliphatic hydroxyl groups excluding tert-OH is 2. The Hall–Kier alpha value is -3.44. The molecule has 7 fully saturated rings. The molecule has 3 saturated carbocycles. The smallest absolute Gasteiger partial charge is 0.327 e. The first-order valence-corrected chi connectivity index (χ1v) is 21.8. The molecule has 1 aromatic rings. The summed E-state index contributed by atoms with van der Waals surface area (Å²) in [6.07, 6.45) is 3.26. The van der Waals surface area contributed by atoms with Gasteiger partial charge in [0.2, 0.25) is 11.8 Å². The van der Waals surface area contributed by atoms with Crippen LogP contribution < -0.4 is 10.6 Å². The van der Waals surface area contributed by atoms with Crippen LogP contribution in [0.15, 0.2) is 29.8 Å². The molecule has 15 heteroatoms. The van der Waals surface area contributed by atoms with Gasteiger partial charge in [-0.15, -0.1) is 0 Å². The molecule has 60 heavy (non-hydrogen) atoms. The number of hydrogen-bond acceptors (Lipinski definition) is 13. The van der Waals surface area contributed by atoms with Gasteiger partial charge in [0, 0.05) is 12.8 Å². The number of rotatable bonds is 12. The zero-order chi connectivity index (χ0) is 42.9. The molecule has 4 aliphatic heterocycles. The number of fused-ring (bicyclic) bond motifs is 6. The van der Waals surface area contributed by atoms with Crippen LogP contribution >= 0.6 is 0 Å². The Morgan fingerprint density at radius 2 is 1.82 bits per heavy atom. The number of carbonyl (C=O) groups excluding carboxylic acids is 4. The number of hydrogen-bond donors (Lipinski definition) is 4. The molecular formula is C45H63N3O12. The van der Waals surface area contributed by atoms with Crippen molar-refractivity contribution in [1.29, 1.82) is 0 Å². The highest BCUT2D eigenvalue weighted by molar-refractivity contribution is 5.96. The number of epoxide rings is 1. The molecule has 2 bridgehead atoms. The van der Waals surface area contributed by atoms with Crippen LogP contribution in [0.1, 0.15) is 111 Å². The van der Waals surface area contributed by atoms with Crippen molar-refractivity contribution in [3.63, 3.8) is 0 Å². The number of amides is 2. The van der Waals surface area contributed by atoms with Crippen LogP contribution in [-0.4, -0.2) is 118 Å². The van der Waals surface area contributed by atoms with E-state index in [4.69, 9.17) is 28.5 Å². The highest BCUT2D eigenvalue weighted by Gasteiger charge is 2.75. The molecule has 0 aromatic heterocycles. The number of allylic oxidation sites excluding steroid dienone is 1. The monoisotopic (exact) mass is 837 g/mol. The Balaban J connectivity index is 1.05. The zero-order valence-corrected chi connectivity index (χ0v) is 35.9. The summed E-state index contributed by atoms with van der Waals surface area (Å²) >= 11 is 0. The molecular weight excluding hydrogens is 775 g/mol. The van der Waals surface area contributed by atoms with E-state index in [2.05, 4.69) is 43.5 Å². The lowest BCUT2D eigenvalue weighted by molar-refractivity contribution is -0.201. The minimum Gasteiger partial charge on any atom is -0.460 e. The van der Waals surface area contributed by atoms with Crippen LogP contribution in [0.4, 0.5) is 0 Å². The number of hydroxylamine groups is 2. The topological polar surface area (TPSA) is 195 Å². The largest absolute Gasteiger partial charge is 0.460 e. The molecule has 1 aromatic carbocycles. The first-order valence-electron chi connectivity index (χ1n) is 21.8. The van der Waals surface area contributed by atoms with E-state index in [0.29, 0.717) is 11.8 Å². The maximum absolute atomic E-state index is 14.9. The van der Waals surface area contributed by atoms with E-state index >= 15 is 0 Å². The van der Waals surface area contributed by atoms with Crippen molar-refractivity contribution in [2.24, 2.45) is 22.7 Å². The quantitative estimate of drug-likeness (QED) is 0.177. The fourth-order valence-electron chi connectivity index (χ4n) is 11.1. The van der Waals surface area contributed by atoms with Crippen molar-refractivity contribution in [1.82, 2.24) is 15.7 Å². The summed E-state index contributed by atoms with van der Waals surface area (Å²) in [7, 11) is 0. The molecule has 7 aliphatic rings. The average Bonchev–Trinajstić information content (AvgIpc) is 3.45. The molecule has 2 amide bonds. The van der Waals surface area contributed by atoms with Gasteiger partial charge in [-0.3, -0.25) is 24.0 Å². The van der Waals surface area contributed by atoms with Crippen LogP contribution in [0.25, 0.3) is 6.08 Å². The van der Waals surface area contributed by atoms with Crippen LogP contribution in [0, 0.1) is 22.7 Å². The van der Waals surface area contributed by atoms with Crippen LogP contribution in [0.3, 0.4) is 0 Å². The summed E-state index contributed by atoms with van der Waals surface area (Å²) in [4.78, 5) is 61.9. The Labute approximate surface area is 352 Å². The fraction of sp³-hybridized carbons (Fsp3) is 0.733. The van der Waals surface area contributed by atoms with E-state index in [0.717, 1.165) is 43.2 Å². The number of nitrogens with one attached hydrogen (secondary N) is 2. The van der Waals surface area contributed by atoms with Gasteiger partial charge >= 0.3 is 11.9 Å². The van der Waals surface area contributed by atoms with Gasteiger partial charge in [0.1, 0.15) is 48.3 Å². The Bertz CT molecular complexity index is 1880. The molecule has 330 valence electrons. The van der Waals surface area contributed by atoms with Crippen molar-refractivity contribution in [2.45, 2.75) is 172 Å². The maximum atomic E-state index is 14.9. The third-order valence-corrected chi connectivity index (χ3v) is 14.3. The average molecular weight is 838 g/mol. The van der Waals surface area contributed by atoms with Gasteiger partial charge in [0.25, 0.3) is 0 Å². The van der Waals surface area contributed by atoms with Gasteiger partial charge in [0.15, 0.2) is 6.04 Å². The van der Waals surface area contributed by atoms with Crippen molar-refractivity contribution in [2.75, 3.05) is 13.4 Å². The van der Waals surface area contributed by atoms with E-state index in [1.807, 2.05) is 18.2 Å². The first kappa shape index (κ1) is 43.2. The molecule has 0 spiro atoms. The standard InChI is InChI=1S/C45H63N3O12/c1-24(50)34(39(52)46-28(22-49)13-15-33(51)59-42(2,3)4)47-41(54)45-20-31-35-36(56-23-55-35)38(45)60-48(37(45)40(53)57-31)21-27-11-9-8-10-25(27)18-26-12-14-32-44(7,58-32)17-16-30-29(26)19-43(30,5)6/h8-11,18,24,28-32,34-38,49-50H,12-17,19-23H2,1-7H3,(H,46,52)(H,47,54)/t24-,28-,29+,30+,31+,32?,34+,35-,36-,37-,38+,44+,45-/m0/s1. The Morgan fingerprint density at radius 1 is 1.07 bits per heavy atom. The molecule has 4 N–H and O–H groups in total. The van der Waals surface area contributed by atoms with Crippen molar-refractivity contribution >= 4 is 29.8 Å². The number of carbonyl (C=O) groups is 4. The zero-order valence-electron chi connectivity index (χ0n) is 35.9. The van der Waals surface area contributed by atoms with Crippen molar-refractivity contribution < 1.29 is 57.9 Å². The normalized spacial score (nSPS) is 37.4. The summed E-state index contributed by atoms with van der Waals surface area (Å²) in [6.45, 7) is 13.2. The highest BCUT2D eigenvalue weighted by Crippen LogP contribution is 2.60. The minimum atomic E-state index is -1.58. The second-order valence-electron chi connectivity index (χ2n) is 20.1. The van der Waals surface area contributed by atoms with Crippen molar-refractivity contribution in [3.05, 3.63) is 41.0 Å². The first-order chi connectivity index (χ1) is 28.3. The lowest BCUT2D eigenvalue weighted by atomic mass is 9.52. The molecule has 8 rings (SSSR count). The second kappa shape index (κ2) is 16.0. The second-order valence-corrected chi connectivity index (χ2v) is 20.1. The summed E-state index contributed by atoms with van der Waals surface area (Å²) in [5.41, 5.74) is 1.26. The molecule has 15 nitrogen and oxygen atoms in total. The molecule has 1 unspecified atom stereocenters. The Morgan fingerprint density at radius 3 is 2.53 bits per heavy atom. The van der Waals surface area contributed by atoms with Gasteiger partial charge in [0.05, 0.1) is 37.0 Å². The number of ether oxygens (including phenoxy) is 5. The molecule has 13 atom stereocenters. The van der Waals surface area contributed by atoms with E-state index in [9.17, 15) is 29.4 Å². The summed E-state index contributed by atoms with van der Waals surface area (Å²) in [6, 6.07) is 4.47. The number of aliphatic hydroxyl groups is 2. The van der Waals surface area contributed by atoms with Gasteiger partial charge < -0.3 is 44.5 Å². The van der Waals surface area contributed by atoms with E-state index < -0.39 is 90.0 Å². The third-order valence-electron chi connectivity index (χ3n) is 14.3. The van der Waals surface area contributed by atoms with Crippen molar-refractivity contribution in [3.8, 4) is 0 Å².